The highest BCUT2D eigenvalue weighted by atomic mass is 32.2. The Hall–Kier alpha value is -1.88. The third-order valence-corrected chi connectivity index (χ3v) is 4.31. The minimum Gasteiger partial charge on any atom is -0.346 e. The lowest BCUT2D eigenvalue weighted by atomic mass is 10.0. The van der Waals surface area contributed by atoms with E-state index >= 15 is 0 Å². The van der Waals surface area contributed by atoms with Crippen molar-refractivity contribution in [3.8, 4) is 0 Å². The van der Waals surface area contributed by atoms with Crippen LogP contribution in [-0.2, 0) is 6.42 Å². The Morgan fingerprint density at radius 1 is 1.18 bits per heavy atom. The number of H-pyrrole nitrogens is 1. The predicted octanol–water partition coefficient (Wildman–Crippen LogP) is 4.31. The van der Waals surface area contributed by atoms with Crippen LogP contribution in [-0.4, -0.2) is 25.7 Å². The van der Waals surface area contributed by atoms with Crippen LogP contribution in [0.5, 0.6) is 0 Å². The van der Waals surface area contributed by atoms with Crippen molar-refractivity contribution in [1.29, 1.82) is 0 Å². The zero-order valence-corrected chi connectivity index (χ0v) is 13.3. The number of aryl methyl sites for hydroxylation is 2. The maximum Gasteiger partial charge on any atom is 0.187 e. The van der Waals surface area contributed by atoms with Gasteiger partial charge in [0, 0.05) is 35.6 Å². The second-order valence-electron chi connectivity index (χ2n) is 4.98. The fourth-order valence-corrected chi connectivity index (χ4v) is 3.17. The van der Waals surface area contributed by atoms with Gasteiger partial charge in [-0.2, -0.15) is 0 Å². The number of aromatic nitrogens is 4. The summed E-state index contributed by atoms with van der Waals surface area (Å²) < 4.78 is 0. The molecule has 0 aliphatic rings. The fourth-order valence-electron chi connectivity index (χ4n) is 2.51. The Morgan fingerprint density at radius 3 is 2.59 bits per heavy atom. The highest BCUT2D eigenvalue weighted by Gasteiger charge is 2.12. The van der Waals surface area contributed by atoms with E-state index in [-0.39, 0.29) is 7.43 Å². The largest absolute Gasteiger partial charge is 0.346 e. The first-order chi connectivity index (χ1) is 10.2. The topological polar surface area (TPSA) is 54.5 Å². The van der Waals surface area contributed by atoms with E-state index < -0.39 is 0 Å². The lowest BCUT2D eigenvalue weighted by Gasteiger charge is -2.10. The minimum atomic E-state index is 0. The summed E-state index contributed by atoms with van der Waals surface area (Å²) in [6, 6.07) is 4.07. The van der Waals surface area contributed by atoms with Gasteiger partial charge in [-0.1, -0.05) is 26.1 Å². The molecule has 0 fully saturated rings. The zero-order chi connectivity index (χ0) is 14.8. The van der Waals surface area contributed by atoms with E-state index in [1.54, 1.807) is 18.0 Å². The number of nitrogens with one attached hydrogen (secondary N) is 1. The molecule has 0 atom stereocenters. The lowest BCUT2D eigenvalue weighted by molar-refractivity contribution is 0.865. The molecule has 116 valence electrons. The van der Waals surface area contributed by atoms with Gasteiger partial charge < -0.3 is 4.98 Å². The van der Waals surface area contributed by atoms with Crippen LogP contribution < -0.4 is 0 Å². The molecule has 0 radical (unpaired) electrons. The molecule has 0 saturated heterocycles. The summed E-state index contributed by atoms with van der Waals surface area (Å²) >= 11 is 1.68. The standard InChI is InChI=1S/C16H18N4S.CH4/c1-4-21-16-19-10(2)14(11(3)20-16)8-12-9-18-15-13(12)6-5-7-17-15;/h5-7,9H,4,8H2,1-3H3,(H,17,18);1H4. The number of hydrogen-bond donors (Lipinski definition) is 1. The first-order valence-corrected chi connectivity index (χ1v) is 8.05. The van der Waals surface area contributed by atoms with Gasteiger partial charge in [0.2, 0.25) is 0 Å². The van der Waals surface area contributed by atoms with E-state index in [1.165, 1.54) is 16.5 Å². The minimum absolute atomic E-state index is 0. The molecule has 0 bridgehead atoms. The summed E-state index contributed by atoms with van der Waals surface area (Å²) in [4.78, 5) is 16.8. The molecule has 0 unspecified atom stereocenters. The van der Waals surface area contributed by atoms with Crippen LogP contribution in [0.1, 0.15) is 36.9 Å². The van der Waals surface area contributed by atoms with Crippen LogP contribution in [0.15, 0.2) is 29.7 Å². The Kier molecular flexibility index (Phi) is 5.19. The molecule has 5 heteroatoms. The van der Waals surface area contributed by atoms with Crippen LogP contribution in [0.3, 0.4) is 0 Å². The molecule has 3 aromatic heterocycles. The van der Waals surface area contributed by atoms with Gasteiger partial charge in [0.05, 0.1) is 0 Å². The summed E-state index contributed by atoms with van der Waals surface area (Å²) in [7, 11) is 0. The third kappa shape index (κ3) is 3.14. The van der Waals surface area contributed by atoms with Crippen LogP contribution in [0.4, 0.5) is 0 Å². The second kappa shape index (κ2) is 6.92. The molecular weight excluding hydrogens is 292 g/mol. The van der Waals surface area contributed by atoms with Gasteiger partial charge in [-0.05, 0) is 42.9 Å². The summed E-state index contributed by atoms with van der Waals surface area (Å²) in [5.41, 5.74) is 5.51. The van der Waals surface area contributed by atoms with Crippen molar-refractivity contribution < 1.29 is 0 Å². The van der Waals surface area contributed by atoms with Crippen LogP contribution in [0.2, 0.25) is 0 Å². The smallest absolute Gasteiger partial charge is 0.187 e. The Morgan fingerprint density at radius 2 is 1.91 bits per heavy atom. The molecule has 3 aromatic rings. The molecule has 0 amide bonds. The Bertz CT molecular complexity index is 756. The van der Waals surface area contributed by atoms with Crippen LogP contribution >= 0.6 is 11.8 Å². The maximum absolute atomic E-state index is 4.61. The van der Waals surface area contributed by atoms with E-state index in [2.05, 4.69) is 46.8 Å². The summed E-state index contributed by atoms with van der Waals surface area (Å²) in [6.07, 6.45) is 4.67. The molecule has 0 aliphatic heterocycles. The Labute approximate surface area is 135 Å². The fraction of sp³-hybridized carbons (Fsp3) is 0.353. The van der Waals surface area contributed by atoms with Crippen molar-refractivity contribution in [3.63, 3.8) is 0 Å². The van der Waals surface area contributed by atoms with E-state index in [1.807, 2.05) is 12.3 Å². The van der Waals surface area contributed by atoms with Gasteiger partial charge in [0.25, 0.3) is 0 Å². The van der Waals surface area contributed by atoms with Gasteiger partial charge in [-0.25, -0.2) is 15.0 Å². The molecule has 3 heterocycles. The number of hydrogen-bond acceptors (Lipinski definition) is 4. The van der Waals surface area contributed by atoms with Crippen molar-refractivity contribution >= 4 is 22.8 Å². The quantitative estimate of drug-likeness (QED) is 0.576. The van der Waals surface area contributed by atoms with Crippen LogP contribution in [0, 0.1) is 13.8 Å². The van der Waals surface area contributed by atoms with E-state index in [4.69, 9.17) is 0 Å². The van der Waals surface area contributed by atoms with Crippen molar-refractivity contribution in [3.05, 3.63) is 47.0 Å². The molecular formula is C17H22N4S. The van der Waals surface area contributed by atoms with Gasteiger partial charge in [0.1, 0.15) is 5.65 Å². The average Bonchev–Trinajstić information content (AvgIpc) is 2.86. The van der Waals surface area contributed by atoms with Crippen LogP contribution in [0.25, 0.3) is 11.0 Å². The zero-order valence-electron chi connectivity index (χ0n) is 12.5. The van der Waals surface area contributed by atoms with Crippen molar-refractivity contribution in [2.75, 3.05) is 5.75 Å². The lowest BCUT2D eigenvalue weighted by Crippen LogP contribution is -2.03. The normalized spacial score (nSPS) is 10.7. The molecule has 0 saturated carbocycles. The highest BCUT2D eigenvalue weighted by Crippen LogP contribution is 2.23. The molecule has 0 aliphatic carbocycles. The van der Waals surface area contributed by atoms with Crippen molar-refractivity contribution in [2.45, 2.75) is 39.8 Å². The first kappa shape index (κ1) is 16.5. The first-order valence-electron chi connectivity index (χ1n) is 7.07. The summed E-state index contributed by atoms with van der Waals surface area (Å²) in [5, 5.41) is 2.04. The van der Waals surface area contributed by atoms with Gasteiger partial charge in [-0.3, -0.25) is 0 Å². The summed E-state index contributed by atoms with van der Waals surface area (Å²) in [6.45, 7) is 6.25. The molecule has 4 nitrogen and oxygen atoms in total. The molecule has 3 rings (SSSR count). The average molecular weight is 314 g/mol. The number of pyridine rings is 1. The van der Waals surface area contributed by atoms with Crippen molar-refractivity contribution in [1.82, 2.24) is 19.9 Å². The highest BCUT2D eigenvalue weighted by molar-refractivity contribution is 7.99. The number of fused-ring (bicyclic) bond motifs is 1. The molecule has 0 aromatic carbocycles. The number of nitrogens with zero attached hydrogens (tertiary/aromatic N) is 3. The van der Waals surface area contributed by atoms with Gasteiger partial charge in [-0.15, -0.1) is 0 Å². The maximum atomic E-state index is 4.61. The SMILES string of the molecule is C.CCSc1nc(C)c(Cc2c[nH]c3ncccc23)c(C)n1. The van der Waals surface area contributed by atoms with Gasteiger partial charge >= 0.3 is 0 Å². The Balaban J connectivity index is 0.00000176. The predicted molar refractivity (Wildman–Crippen MR) is 93.5 cm³/mol. The van der Waals surface area contributed by atoms with Gasteiger partial charge in [0.15, 0.2) is 5.16 Å². The number of thioether (sulfide) groups is 1. The number of aromatic amines is 1. The number of rotatable bonds is 4. The van der Waals surface area contributed by atoms with E-state index in [0.29, 0.717) is 0 Å². The monoisotopic (exact) mass is 314 g/mol. The summed E-state index contributed by atoms with van der Waals surface area (Å²) in [5.74, 6) is 0.992. The van der Waals surface area contributed by atoms with E-state index in [0.717, 1.165) is 34.4 Å². The molecule has 1 N–H and O–H groups in total. The van der Waals surface area contributed by atoms with Crippen molar-refractivity contribution in [2.24, 2.45) is 0 Å². The third-order valence-electron chi connectivity index (χ3n) is 3.58. The van der Waals surface area contributed by atoms with E-state index in [9.17, 15) is 0 Å². The molecule has 22 heavy (non-hydrogen) atoms. The second-order valence-corrected chi connectivity index (χ2v) is 6.21. The molecule has 0 spiro atoms.